The van der Waals surface area contributed by atoms with E-state index in [-0.39, 0.29) is 10.9 Å². The van der Waals surface area contributed by atoms with Gasteiger partial charge in [0.2, 0.25) is 16.0 Å². The van der Waals surface area contributed by atoms with E-state index in [0.29, 0.717) is 18.1 Å². The second-order valence-electron chi connectivity index (χ2n) is 5.59. The van der Waals surface area contributed by atoms with Crippen LogP contribution in [0.4, 0.5) is 5.95 Å². The number of nitrogens with zero attached hydrogens (tertiary/aromatic N) is 4. The van der Waals surface area contributed by atoms with E-state index >= 15 is 0 Å². The fourth-order valence-corrected chi connectivity index (χ4v) is 3.97. The molecule has 0 spiro atoms. The molecule has 2 heterocycles. The molecule has 1 aliphatic heterocycles. The van der Waals surface area contributed by atoms with Gasteiger partial charge in [0.05, 0.1) is 16.5 Å². The minimum Gasteiger partial charge on any atom is -0.339 e. The number of rotatable bonds is 4. The lowest BCUT2D eigenvalue weighted by Gasteiger charge is -2.32. The van der Waals surface area contributed by atoms with Gasteiger partial charge in [0.25, 0.3) is 0 Å². The van der Waals surface area contributed by atoms with Crippen LogP contribution in [-0.2, 0) is 10.0 Å². The largest absolute Gasteiger partial charge is 0.339 e. The SMILES string of the molecule is N#Cc1ccc(S(=O)(=O)NC2CCCN(c3ncccn3)C2)cc1. The monoisotopic (exact) mass is 343 g/mol. The highest BCUT2D eigenvalue weighted by molar-refractivity contribution is 7.89. The zero-order chi connectivity index (χ0) is 17.0. The number of hydrogen-bond donors (Lipinski definition) is 1. The number of benzene rings is 1. The van der Waals surface area contributed by atoms with E-state index in [0.717, 1.165) is 19.4 Å². The average Bonchev–Trinajstić information content (AvgIpc) is 2.62. The molecule has 0 aliphatic carbocycles. The van der Waals surface area contributed by atoms with Crippen LogP contribution in [0, 0.1) is 11.3 Å². The van der Waals surface area contributed by atoms with Gasteiger partial charge in [-0.05, 0) is 43.2 Å². The van der Waals surface area contributed by atoms with Crippen molar-refractivity contribution in [1.29, 1.82) is 5.26 Å². The molecular weight excluding hydrogens is 326 g/mol. The highest BCUT2D eigenvalue weighted by Crippen LogP contribution is 2.18. The first-order chi connectivity index (χ1) is 11.6. The summed E-state index contributed by atoms with van der Waals surface area (Å²) in [5.41, 5.74) is 0.430. The molecule has 1 N–H and O–H groups in total. The smallest absolute Gasteiger partial charge is 0.240 e. The molecule has 1 aromatic heterocycles. The Morgan fingerprint density at radius 2 is 1.92 bits per heavy atom. The molecule has 1 saturated heterocycles. The maximum Gasteiger partial charge on any atom is 0.240 e. The third-order valence-corrected chi connectivity index (χ3v) is 5.41. The van der Waals surface area contributed by atoms with Crippen LogP contribution in [0.15, 0.2) is 47.6 Å². The summed E-state index contributed by atoms with van der Waals surface area (Å²) in [6.45, 7) is 1.33. The van der Waals surface area contributed by atoms with E-state index in [1.54, 1.807) is 18.5 Å². The Hall–Kier alpha value is -2.50. The van der Waals surface area contributed by atoms with Crippen LogP contribution in [-0.4, -0.2) is 37.5 Å². The van der Waals surface area contributed by atoms with Crippen molar-refractivity contribution in [2.24, 2.45) is 0 Å². The van der Waals surface area contributed by atoms with Crippen LogP contribution >= 0.6 is 0 Å². The van der Waals surface area contributed by atoms with E-state index < -0.39 is 10.0 Å². The van der Waals surface area contributed by atoms with E-state index in [1.165, 1.54) is 24.3 Å². The van der Waals surface area contributed by atoms with Gasteiger partial charge >= 0.3 is 0 Å². The fraction of sp³-hybridized carbons (Fsp3) is 0.312. The topological polar surface area (TPSA) is 99.0 Å². The van der Waals surface area contributed by atoms with Crippen molar-refractivity contribution in [2.75, 3.05) is 18.0 Å². The summed E-state index contributed by atoms with van der Waals surface area (Å²) in [6, 6.07) is 9.41. The van der Waals surface area contributed by atoms with Crippen LogP contribution < -0.4 is 9.62 Å². The minimum atomic E-state index is -3.62. The van der Waals surface area contributed by atoms with Crippen molar-refractivity contribution < 1.29 is 8.42 Å². The van der Waals surface area contributed by atoms with Gasteiger partial charge in [-0.3, -0.25) is 0 Å². The molecular formula is C16H17N5O2S. The van der Waals surface area contributed by atoms with Crippen LogP contribution in [0.2, 0.25) is 0 Å². The van der Waals surface area contributed by atoms with Crippen LogP contribution in [0.3, 0.4) is 0 Å². The predicted molar refractivity (Wildman–Crippen MR) is 88.7 cm³/mol. The minimum absolute atomic E-state index is 0.162. The van der Waals surface area contributed by atoms with E-state index in [9.17, 15) is 8.42 Å². The third kappa shape index (κ3) is 3.69. The van der Waals surface area contributed by atoms with Gasteiger partial charge in [-0.2, -0.15) is 5.26 Å². The molecule has 1 unspecified atom stereocenters. The van der Waals surface area contributed by atoms with Crippen molar-refractivity contribution in [3.8, 4) is 6.07 Å². The second kappa shape index (κ2) is 6.95. The summed E-state index contributed by atoms with van der Waals surface area (Å²) < 4.78 is 27.7. The summed E-state index contributed by atoms with van der Waals surface area (Å²) in [7, 11) is -3.62. The standard InChI is InChI=1S/C16H17N5O2S/c17-11-13-4-6-15(7-5-13)24(22,23)20-14-3-1-10-21(12-14)16-18-8-2-9-19-16/h2,4-9,14,20H,1,3,10,12H2. The summed E-state index contributed by atoms with van der Waals surface area (Å²) >= 11 is 0. The highest BCUT2D eigenvalue weighted by Gasteiger charge is 2.26. The maximum absolute atomic E-state index is 12.5. The molecule has 1 atom stereocenters. The third-order valence-electron chi connectivity index (χ3n) is 3.87. The van der Waals surface area contributed by atoms with Gasteiger partial charge < -0.3 is 4.90 Å². The number of sulfonamides is 1. The zero-order valence-electron chi connectivity index (χ0n) is 13.0. The van der Waals surface area contributed by atoms with E-state index in [2.05, 4.69) is 14.7 Å². The molecule has 8 heteroatoms. The second-order valence-corrected chi connectivity index (χ2v) is 7.31. The number of aromatic nitrogens is 2. The molecule has 24 heavy (non-hydrogen) atoms. The number of nitrogens with one attached hydrogen (secondary N) is 1. The van der Waals surface area contributed by atoms with Crippen molar-refractivity contribution in [3.63, 3.8) is 0 Å². The van der Waals surface area contributed by atoms with Crippen molar-refractivity contribution >= 4 is 16.0 Å². The molecule has 1 aliphatic rings. The zero-order valence-corrected chi connectivity index (χ0v) is 13.8. The molecule has 0 amide bonds. The lowest BCUT2D eigenvalue weighted by atomic mass is 10.1. The Morgan fingerprint density at radius 1 is 1.21 bits per heavy atom. The van der Waals surface area contributed by atoms with Gasteiger partial charge in [0.15, 0.2) is 0 Å². The van der Waals surface area contributed by atoms with Crippen molar-refractivity contribution in [2.45, 2.75) is 23.8 Å². The number of hydrogen-bond acceptors (Lipinski definition) is 6. The first-order valence-electron chi connectivity index (χ1n) is 7.63. The Balaban J connectivity index is 1.71. The Bertz CT molecular complexity index is 831. The van der Waals surface area contributed by atoms with Gasteiger partial charge in [-0.15, -0.1) is 0 Å². The fourth-order valence-electron chi connectivity index (χ4n) is 2.71. The van der Waals surface area contributed by atoms with Crippen molar-refractivity contribution in [3.05, 3.63) is 48.3 Å². The highest BCUT2D eigenvalue weighted by atomic mass is 32.2. The van der Waals surface area contributed by atoms with Crippen molar-refractivity contribution in [1.82, 2.24) is 14.7 Å². The molecule has 7 nitrogen and oxygen atoms in total. The quantitative estimate of drug-likeness (QED) is 0.898. The first kappa shape index (κ1) is 16.4. The molecule has 3 rings (SSSR count). The van der Waals surface area contributed by atoms with E-state index in [1.807, 2.05) is 11.0 Å². The number of anilines is 1. The molecule has 1 aromatic carbocycles. The summed E-state index contributed by atoms with van der Waals surface area (Å²) in [5, 5.41) is 8.80. The van der Waals surface area contributed by atoms with Gasteiger partial charge in [0.1, 0.15) is 0 Å². The Labute approximate surface area is 141 Å². The molecule has 124 valence electrons. The van der Waals surface area contributed by atoms with Crippen LogP contribution in [0.25, 0.3) is 0 Å². The normalized spacial score (nSPS) is 18.1. The maximum atomic E-state index is 12.5. The molecule has 0 bridgehead atoms. The molecule has 0 saturated carbocycles. The molecule has 1 fully saturated rings. The van der Waals surface area contributed by atoms with E-state index in [4.69, 9.17) is 5.26 Å². The Morgan fingerprint density at radius 3 is 2.58 bits per heavy atom. The summed E-state index contributed by atoms with van der Waals surface area (Å²) in [4.78, 5) is 10.6. The van der Waals surface area contributed by atoms with Crippen LogP contribution in [0.1, 0.15) is 18.4 Å². The van der Waals surface area contributed by atoms with Gasteiger partial charge in [-0.25, -0.2) is 23.1 Å². The lowest BCUT2D eigenvalue weighted by Crippen LogP contribution is -2.48. The Kier molecular flexibility index (Phi) is 4.74. The van der Waals surface area contributed by atoms with Gasteiger partial charge in [0, 0.05) is 31.5 Å². The summed E-state index contributed by atoms with van der Waals surface area (Å²) in [6.07, 6.45) is 4.97. The van der Waals surface area contributed by atoms with Crippen LogP contribution in [0.5, 0.6) is 0 Å². The predicted octanol–water partition coefficient (Wildman–Crippen LogP) is 1.30. The average molecular weight is 343 g/mol. The lowest BCUT2D eigenvalue weighted by molar-refractivity contribution is 0.461. The number of piperidine rings is 1. The summed E-state index contributed by atoms with van der Waals surface area (Å²) in [5.74, 6) is 0.611. The molecule has 0 radical (unpaired) electrons. The number of nitriles is 1. The van der Waals surface area contributed by atoms with Gasteiger partial charge in [-0.1, -0.05) is 0 Å². The molecule has 2 aromatic rings. The first-order valence-corrected chi connectivity index (χ1v) is 9.11.